The van der Waals surface area contributed by atoms with Gasteiger partial charge < -0.3 is 0 Å². The lowest BCUT2D eigenvalue weighted by Crippen LogP contribution is -2.23. The number of hydrogen-bond donors (Lipinski definition) is 0. The molecule has 0 saturated heterocycles. The van der Waals surface area contributed by atoms with Crippen molar-refractivity contribution in [3.05, 3.63) is 76.2 Å². The highest BCUT2D eigenvalue weighted by molar-refractivity contribution is 8.04. The second-order valence-electron chi connectivity index (χ2n) is 5.55. The highest BCUT2D eigenvalue weighted by Gasteiger charge is 2.33. The van der Waals surface area contributed by atoms with Gasteiger partial charge in [-0.1, -0.05) is 53.2 Å². The predicted molar refractivity (Wildman–Crippen MR) is 96.7 cm³/mol. The molecular formula is C19H15ClNS+. The van der Waals surface area contributed by atoms with Crippen molar-refractivity contribution in [3.8, 4) is 0 Å². The first-order valence-electron chi connectivity index (χ1n) is 7.28. The van der Waals surface area contributed by atoms with Crippen LogP contribution in [0.2, 0.25) is 5.02 Å². The van der Waals surface area contributed by atoms with Gasteiger partial charge in [0.1, 0.15) is 0 Å². The molecule has 2 aliphatic rings. The zero-order valence-electron chi connectivity index (χ0n) is 12.2. The summed E-state index contributed by atoms with van der Waals surface area (Å²) < 4.78 is 2.37. The molecule has 2 aromatic carbocycles. The molecule has 1 aliphatic heterocycles. The van der Waals surface area contributed by atoms with Crippen molar-refractivity contribution in [1.82, 2.24) is 4.58 Å². The van der Waals surface area contributed by atoms with E-state index >= 15 is 0 Å². The fraction of sp³-hybridized carbons (Fsp3) is 0.105. The highest BCUT2D eigenvalue weighted by atomic mass is 35.5. The van der Waals surface area contributed by atoms with Gasteiger partial charge in [0.05, 0.1) is 16.2 Å². The van der Waals surface area contributed by atoms with Crippen LogP contribution in [0.1, 0.15) is 13.3 Å². The first kappa shape index (κ1) is 13.9. The molecule has 0 atom stereocenters. The van der Waals surface area contributed by atoms with E-state index in [2.05, 4.69) is 66.1 Å². The van der Waals surface area contributed by atoms with E-state index in [1.54, 1.807) is 0 Å². The van der Waals surface area contributed by atoms with Gasteiger partial charge in [-0.2, -0.15) is 4.58 Å². The normalized spacial score (nSPS) is 16.6. The highest BCUT2D eigenvalue weighted by Crippen LogP contribution is 2.44. The molecule has 1 nitrogen and oxygen atoms in total. The Morgan fingerprint density at radius 3 is 2.68 bits per heavy atom. The Bertz CT molecular complexity index is 847. The van der Waals surface area contributed by atoms with E-state index in [-0.39, 0.29) is 0 Å². The number of allylic oxidation sites excluding steroid dienone is 4. The number of fused-ring (bicyclic) bond motifs is 2. The third-order valence-electron chi connectivity index (χ3n) is 3.92. The summed E-state index contributed by atoms with van der Waals surface area (Å²) in [5.41, 5.74) is 5.15. The average Bonchev–Trinajstić information content (AvgIpc) is 2.53. The van der Waals surface area contributed by atoms with Crippen LogP contribution >= 0.6 is 23.4 Å². The molecule has 3 heteroatoms. The predicted octanol–water partition coefficient (Wildman–Crippen LogP) is 5.96. The third kappa shape index (κ3) is 2.33. The Balaban J connectivity index is 2.01. The van der Waals surface area contributed by atoms with E-state index in [4.69, 9.17) is 11.6 Å². The molecule has 0 unspecified atom stereocenters. The lowest BCUT2D eigenvalue weighted by molar-refractivity contribution is 1.01. The van der Waals surface area contributed by atoms with Crippen LogP contribution in [0, 0.1) is 0 Å². The molecule has 0 saturated carbocycles. The summed E-state index contributed by atoms with van der Waals surface area (Å²) in [5, 5.41) is 0.783. The van der Waals surface area contributed by atoms with Crippen molar-refractivity contribution in [2.24, 2.45) is 0 Å². The van der Waals surface area contributed by atoms with Crippen LogP contribution in [-0.2, 0) is 0 Å². The Hall–Kier alpha value is -1.77. The SMILES string of the molecule is CC1=CC=C2Sc3cc(Cl)ccc3[N+](c3ccccc3)=C2C1. The van der Waals surface area contributed by atoms with Crippen LogP contribution < -0.4 is 4.58 Å². The number of nitrogens with zero attached hydrogens (tertiary/aromatic N) is 1. The molecule has 22 heavy (non-hydrogen) atoms. The Labute approximate surface area is 139 Å². The molecule has 0 aromatic heterocycles. The summed E-state index contributed by atoms with van der Waals surface area (Å²) in [6.07, 6.45) is 5.42. The van der Waals surface area contributed by atoms with Crippen LogP contribution in [0.3, 0.4) is 0 Å². The van der Waals surface area contributed by atoms with Gasteiger partial charge in [0, 0.05) is 23.2 Å². The van der Waals surface area contributed by atoms with Gasteiger partial charge in [0.2, 0.25) is 17.1 Å². The molecule has 0 radical (unpaired) electrons. The second-order valence-corrected chi connectivity index (χ2v) is 7.07. The first-order valence-corrected chi connectivity index (χ1v) is 8.48. The summed E-state index contributed by atoms with van der Waals surface area (Å²) in [6.45, 7) is 2.19. The number of halogens is 1. The van der Waals surface area contributed by atoms with Crippen LogP contribution in [0.5, 0.6) is 0 Å². The van der Waals surface area contributed by atoms with E-state index in [9.17, 15) is 0 Å². The summed E-state index contributed by atoms with van der Waals surface area (Å²) >= 11 is 8.01. The zero-order valence-corrected chi connectivity index (χ0v) is 13.8. The number of thioether (sulfide) groups is 1. The van der Waals surface area contributed by atoms with Gasteiger partial charge in [-0.25, -0.2) is 0 Å². The van der Waals surface area contributed by atoms with E-state index in [0.717, 1.165) is 11.4 Å². The molecule has 0 N–H and O–H groups in total. The van der Waals surface area contributed by atoms with Gasteiger partial charge in [-0.05, 0) is 25.1 Å². The molecule has 0 amide bonds. The smallest absolute Gasteiger partial charge is 0.155 e. The molecular weight excluding hydrogens is 310 g/mol. The average molecular weight is 325 g/mol. The standard InChI is InChI=1S/C19H15ClNS/c1-13-7-10-18-17(11-13)21(15-5-3-2-4-6-15)16-9-8-14(20)12-19(16)22-18/h2-10,12H,11H2,1H3/q+1. The van der Waals surface area contributed by atoms with Gasteiger partial charge >= 0.3 is 0 Å². The van der Waals surface area contributed by atoms with E-state index in [1.807, 2.05) is 17.8 Å². The van der Waals surface area contributed by atoms with Crippen molar-refractivity contribution >= 4 is 40.4 Å². The van der Waals surface area contributed by atoms with Crippen LogP contribution in [0.25, 0.3) is 0 Å². The fourth-order valence-corrected chi connectivity index (χ4v) is 4.24. The van der Waals surface area contributed by atoms with Crippen molar-refractivity contribution < 1.29 is 0 Å². The quantitative estimate of drug-likeness (QED) is 0.585. The van der Waals surface area contributed by atoms with Gasteiger partial charge in [0.25, 0.3) is 0 Å². The Morgan fingerprint density at radius 2 is 1.86 bits per heavy atom. The number of para-hydroxylation sites is 1. The van der Waals surface area contributed by atoms with E-state index < -0.39 is 0 Å². The maximum Gasteiger partial charge on any atom is 0.225 e. The fourth-order valence-electron chi connectivity index (χ4n) is 2.90. The first-order chi connectivity index (χ1) is 10.7. The van der Waals surface area contributed by atoms with Crippen LogP contribution in [0.4, 0.5) is 11.4 Å². The minimum atomic E-state index is 0.783. The molecule has 1 heterocycles. The van der Waals surface area contributed by atoms with Gasteiger partial charge in [-0.3, -0.25) is 0 Å². The maximum absolute atomic E-state index is 6.20. The molecule has 1 aliphatic carbocycles. The van der Waals surface area contributed by atoms with Gasteiger partial charge in [-0.15, -0.1) is 0 Å². The summed E-state index contributed by atoms with van der Waals surface area (Å²) in [7, 11) is 0. The van der Waals surface area contributed by atoms with Gasteiger partial charge in [0.15, 0.2) is 0 Å². The van der Waals surface area contributed by atoms with Crippen molar-refractivity contribution in [3.63, 3.8) is 0 Å². The minimum absolute atomic E-state index is 0.783. The van der Waals surface area contributed by atoms with Crippen molar-refractivity contribution in [2.45, 2.75) is 18.2 Å². The topological polar surface area (TPSA) is 3.01 Å². The monoisotopic (exact) mass is 324 g/mol. The number of hydrogen-bond acceptors (Lipinski definition) is 1. The second kappa shape index (κ2) is 5.45. The van der Waals surface area contributed by atoms with E-state index in [0.29, 0.717) is 0 Å². The largest absolute Gasteiger partial charge is 0.225 e. The Kier molecular flexibility index (Phi) is 3.44. The molecule has 4 rings (SSSR count). The summed E-state index contributed by atoms with van der Waals surface area (Å²) in [5.74, 6) is 0. The Morgan fingerprint density at radius 1 is 1.05 bits per heavy atom. The molecule has 0 bridgehead atoms. The summed E-state index contributed by atoms with van der Waals surface area (Å²) in [4.78, 5) is 2.52. The number of benzene rings is 2. The lowest BCUT2D eigenvalue weighted by Gasteiger charge is -2.21. The van der Waals surface area contributed by atoms with Crippen LogP contribution in [-0.4, -0.2) is 5.71 Å². The number of rotatable bonds is 1. The maximum atomic E-state index is 6.20. The molecule has 0 spiro atoms. The summed E-state index contributed by atoms with van der Waals surface area (Å²) in [6, 6.07) is 16.7. The minimum Gasteiger partial charge on any atom is -0.155 e. The molecule has 2 aromatic rings. The van der Waals surface area contributed by atoms with E-state index in [1.165, 1.54) is 32.5 Å². The zero-order chi connectivity index (χ0) is 15.1. The van der Waals surface area contributed by atoms with Crippen molar-refractivity contribution in [2.75, 3.05) is 0 Å². The van der Waals surface area contributed by atoms with Crippen molar-refractivity contribution in [1.29, 1.82) is 0 Å². The molecule has 0 fully saturated rings. The lowest BCUT2D eigenvalue weighted by atomic mass is 10.0. The molecule has 108 valence electrons. The van der Waals surface area contributed by atoms with Crippen LogP contribution in [0.15, 0.2) is 76.1 Å². The third-order valence-corrected chi connectivity index (χ3v) is 5.29.